The molecule has 2 aromatic heterocycles. The summed E-state index contributed by atoms with van der Waals surface area (Å²) < 4.78 is 7.47. The number of hydrogen-bond acceptors (Lipinski definition) is 8. The zero-order valence-electron chi connectivity index (χ0n) is 18.8. The molecule has 4 heterocycles. The standard InChI is InChI=1S/C23H25N5O3S2/c1-4-27-20(26-9-7-25(3)8-10-26)17(15(2)18(13-24)21(27)29)12-19-22(30)28(23(32)33-19)14-16-6-5-11-31-16/h5-6,11-12H,4,7-10,14H2,1-3H3. The van der Waals surface area contributed by atoms with Gasteiger partial charge in [-0.1, -0.05) is 24.0 Å². The van der Waals surface area contributed by atoms with Gasteiger partial charge in [0.15, 0.2) is 0 Å². The Morgan fingerprint density at radius 3 is 2.61 bits per heavy atom. The van der Waals surface area contributed by atoms with E-state index in [9.17, 15) is 14.9 Å². The molecule has 0 bridgehead atoms. The van der Waals surface area contributed by atoms with Gasteiger partial charge in [0.2, 0.25) is 0 Å². The smallest absolute Gasteiger partial charge is 0.270 e. The Hall–Kier alpha value is -2.87. The third-order valence-corrected chi connectivity index (χ3v) is 7.39. The van der Waals surface area contributed by atoms with Gasteiger partial charge in [-0.05, 0) is 44.7 Å². The molecule has 2 aromatic rings. The van der Waals surface area contributed by atoms with Crippen molar-refractivity contribution in [3.8, 4) is 6.07 Å². The third kappa shape index (κ3) is 4.36. The van der Waals surface area contributed by atoms with Crippen molar-refractivity contribution in [2.75, 3.05) is 38.1 Å². The van der Waals surface area contributed by atoms with E-state index in [2.05, 4.69) is 22.9 Å². The number of nitriles is 1. The van der Waals surface area contributed by atoms with Crippen LogP contribution in [-0.4, -0.2) is 57.8 Å². The van der Waals surface area contributed by atoms with Crippen molar-refractivity contribution in [1.82, 2.24) is 14.4 Å². The van der Waals surface area contributed by atoms with Gasteiger partial charge in [0.05, 0.1) is 17.7 Å². The van der Waals surface area contributed by atoms with Gasteiger partial charge in [-0.25, -0.2) is 0 Å². The molecular weight excluding hydrogens is 458 g/mol. The first kappa shape index (κ1) is 23.3. The van der Waals surface area contributed by atoms with Crippen molar-refractivity contribution in [3.63, 3.8) is 0 Å². The Kier molecular flexibility index (Phi) is 6.74. The van der Waals surface area contributed by atoms with Gasteiger partial charge in [-0.15, -0.1) is 0 Å². The van der Waals surface area contributed by atoms with Crippen LogP contribution >= 0.6 is 24.0 Å². The molecule has 0 spiro atoms. The highest BCUT2D eigenvalue weighted by atomic mass is 32.2. The molecule has 2 aliphatic rings. The van der Waals surface area contributed by atoms with Crippen LogP contribution in [0.5, 0.6) is 0 Å². The molecule has 172 valence electrons. The number of aromatic nitrogens is 1. The summed E-state index contributed by atoms with van der Waals surface area (Å²) in [7, 11) is 2.07. The number of amides is 1. The highest BCUT2D eigenvalue weighted by Gasteiger charge is 2.34. The fraction of sp³-hybridized carbons (Fsp3) is 0.391. The molecule has 0 unspecified atom stereocenters. The molecule has 0 aliphatic carbocycles. The number of nitrogens with zero attached hydrogens (tertiary/aromatic N) is 5. The number of furan rings is 1. The van der Waals surface area contributed by atoms with E-state index < -0.39 is 0 Å². The fourth-order valence-electron chi connectivity index (χ4n) is 4.12. The van der Waals surface area contributed by atoms with E-state index in [1.807, 2.05) is 6.92 Å². The third-order valence-electron chi connectivity index (χ3n) is 6.01. The molecule has 1 amide bonds. The fourth-order valence-corrected chi connectivity index (χ4v) is 5.36. The molecule has 2 saturated heterocycles. The Morgan fingerprint density at radius 2 is 2.00 bits per heavy atom. The highest BCUT2D eigenvalue weighted by molar-refractivity contribution is 8.26. The summed E-state index contributed by atoms with van der Waals surface area (Å²) in [4.78, 5) is 32.7. The Labute approximate surface area is 202 Å². The van der Waals surface area contributed by atoms with E-state index in [-0.39, 0.29) is 23.6 Å². The maximum Gasteiger partial charge on any atom is 0.270 e. The monoisotopic (exact) mass is 483 g/mol. The second kappa shape index (κ2) is 9.55. The van der Waals surface area contributed by atoms with Crippen molar-refractivity contribution in [3.05, 3.63) is 56.1 Å². The predicted molar refractivity (Wildman–Crippen MR) is 133 cm³/mol. The number of likely N-dealkylation sites (N-methyl/N-ethyl adjacent to an activating group) is 1. The van der Waals surface area contributed by atoms with E-state index in [0.717, 1.165) is 37.6 Å². The average Bonchev–Trinajstić information content (AvgIpc) is 3.40. The van der Waals surface area contributed by atoms with Gasteiger partial charge in [0.1, 0.15) is 27.5 Å². The first-order chi connectivity index (χ1) is 15.8. The number of thioether (sulfide) groups is 1. The quantitative estimate of drug-likeness (QED) is 0.474. The predicted octanol–water partition coefficient (Wildman–Crippen LogP) is 2.79. The molecule has 0 aromatic carbocycles. The van der Waals surface area contributed by atoms with E-state index in [4.69, 9.17) is 16.6 Å². The topological polar surface area (TPSA) is 85.7 Å². The van der Waals surface area contributed by atoms with Crippen LogP contribution in [-0.2, 0) is 17.9 Å². The van der Waals surface area contributed by atoms with Crippen LogP contribution in [0.25, 0.3) is 6.08 Å². The molecule has 4 rings (SSSR count). The van der Waals surface area contributed by atoms with Gasteiger partial charge in [-0.3, -0.25) is 19.1 Å². The van der Waals surface area contributed by atoms with Gasteiger partial charge in [0, 0.05) is 38.3 Å². The average molecular weight is 484 g/mol. The molecule has 2 aliphatic heterocycles. The van der Waals surface area contributed by atoms with Crippen LogP contribution < -0.4 is 10.5 Å². The SMILES string of the molecule is CCn1c(N2CCN(C)CC2)c(C=C2SC(=S)N(Cc3ccco3)C2=O)c(C)c(C#N)c1=O. The van der Waals surface area contributed by atoms with E-state index >= 15 is 0 Å². The highest BCUT2D eigenvalue weighted by Crippen LogP contribution is 2.36. The summed E-state index contributed by atoms with van der Waals surface area (Å²) in [6.45, 7) is 7.58. The molecule has 10 heteroatoms. The molecular formula is C23H25N5O3S2. The van der Waals surface area contributed by atoms with Gasteiger partial charge in [0.25, 0.3) is 11.5 Å². The number of pyridine rings is 1. The first-order valence-electron chi connectivity index (χ1n) is 10.7. The molecule has 0 N–H and O–H groups in total. The summed E-state index contributed by atoms with van der Waals surface area (Å²) in [5.74, 6) is 1.19. The molecule has 0 radical (unpaired) electrons. The van der Waals surface area contributed by atoms with Crippen LogP contribution in [0.4, 0.5) is 5.82 Å². The van der Waals surface area contributed by atoms with Crippen LogP contribution in [0.2, 0.25) is 0 Å². The lowest BCUT2D eigenvalue weighted by molar-refractivity contribution is -0.122. The van der Waals surface area contributed by atoms with E-state index in [1.54, 1.807) is 36.0 Å². The zero-order chi connectivity index (χ0) is 23.7. The number of carbonyl (C=O) groups excluding carboxylic acids is 1. The molecule has 2 fully saturated rings. The number of hydrogen-bond donors (Lipinski definition) is 0. The summed E-state index contributed by atoms with van der Waals surface area (Å²) in [5.41, 5.74) is 1.11. The maximum absolute atomic E-state index is 13.2. The van der Waals surface area contributed by atoms with Gasteiger partial charge >= 0.3 is 0 Å². The zero-order valence-corrected chi connectivity index (χ0v) is 20.5. The maximum atomic E-state index is 13.2. The summed E-state index contributed by atoms with van der Waals surface area (Å²) in [6.07, 6.45) is 3.35. The van der Waals surface area contributed by atoms with Crippen LogP contribution in [0.1, 0.15) is 29.4 Å². The number of rotatable bonds is 5. The number of carbonyl (C=O) groups is 1. The molecule has 33 heavy (non-hydrogen) atoms. The normalized spacial score (nSPS) is 18.4. The Bertz CT molecular complexity index is 1220. The van der Waals surface area contributed by atoms with Crippen LogP contribution in [0.3, 0.4) is 0 Å². The molecule has 0 saturated carbocycles. The van der Waals surface area contributed by atoms with Crippen molar-refractivity contribution in [1.29, 1.82) is 5.26 Å². The number of anilines is 1. The lowest BCUT2D eigenvalue weighted by Crippen LogP contribution is -2.47. The summed E-state index contributed by atoms with van der Waals surface area (Å²) >= 11 is 6.69. The number of thiocarbonyl (C=S) groups is 1. The second-order valence-corrected chi connectivity index (χ2v) is 9.71. The second-order valence-electron chi connectivity index (χ2n) is 8.04. The Balaban J connectivity index is 1.82. The summed E-state index contributed by atoms with van der Waals surface area (Å²) in [6, 6.07) is 5.64. The first-order valence-corrected chi connectivity index (χ1v) is 12.0. The van der Waals surface area contributed by atoms with E-state index in [0.29, 0.717) is 27.1 Å². The number of piperazine rings is 1. The van der Waals surface area contributed by atoms with Gasteiger partial charge < -0.3 is 14.2 Å². The van der Waals surface area contributed by atoms with Crippen molar-refractivity contribution < 1.29 is 9.21 Å². The largest absolute Gasteiger partial charge is 0.467 e. The van der Waals surface area contributed by atoms with E-state index in [1.165, 1.54) is 16.7 Å². The summed E-state index contributed by atoms with van der Waals surface area (Å²) in [5, 5.41) is 9.70. The molecule has 8 nitrogen and oxygen atoms in total. The minimum atomic E-state index is -0.297. The molecule has 0 atom stereocenters. The minimum absolute atomic E-state index is 0.104. The van der Waals surface area contributed by atoms with Gasteiger partial charge in [-0.2, -0.15) is 5.26 Å². The van der Waals surface area contributed by atoms with Crippen molar-refractivity contribution >= 4 is 46.1 Å². The Morgan fingerprint density at radius 1 is 1.27 bits per heavy atom. The van der Waals surface area contributed by atoms with Crippen LogP contribution in [0.15, 0.2) is 32.5 Å². The lowest BCUT2D eigenvalue weighted by atomic mass is 10.0. The minimum Gasteiger partial charge on any atom is -0.467 e. The van der Waals surface area contributed by atoms with Crippen molar-refractivity contribution in [2.45, 2.75) is 26.9 Å². The lowest BCUT2D eigenvalue weighted by Gasteiger charge is -2.36. The van der Waals surface area contributed by atoms with Crippen LogP contribution in [0, 0.1) is 18.3 Å². The van der Waals surface area contributed by atoms with Crippen molar-refractivity contribution in [2.24, 2.45) is 0 Å².